The molecule has 1 amide bonds. The van der Waals surface area contributed by atoms with Crippen LogP contribution in [0.2, 0.25) is 0 Å². The molecule has 1 unspecified atom stereocenters. The fourth-order valence-electron chi connectivity index (χ4n) is 2.45. The van der Waals surface area contributed by atoms with Crippen LogP contribution in [0.25, 0.3) is 0 Å². The van der Waals surface area contributed by atoms with Crippen molar-refractivity contribution in [1.29, 1.82) is 0 Å². The highest BCUT2D eigenvalue weighted by molar-refractivity contribution is 8.14. The van der Waals surface area contributed by atoms with Gasteiger partial charge in [0, 0.05) is 18.7 Å². The number of esters is 1. The largest absolute Gasteiger partial charge is 0.464 e. The van der Waals surface area contributed by atoms with Crippen molar-refractivity contribution in [2.45, 2.75) is 32.9 Å². The number of benzene rings is 1. The van der Waals surface area contributed by atoms with Crippen LogP contribution in [0.4, 0.5) is 14.5 Å². The Balaban J connectivity index is 2.27. The highest BCUT2D eigenvalue weighted by atomic mass is 32.2. The maximum atomic E-state index is 13.5. The van der Waals surface area contributed by atoms with Crippen molar-refractivity contribution < 1.29 is 23.1 Å². The molecule has 0 saturated heterocycles. The Labute approximate surface area is 143 Å². The van der Waals surface area contributed by atoms with E-state index in [9.17, 15) is 18.4 Å². The zero-order valence-electron chi connectivity index (χ0n) is 13.6. The smallest absolute Gasteiger partial charge is 0.331 e. The number of ether oxygens (including phenoxy) is 1. The van der Waals surface area contributed by atoms with Gasteiger partial charge in [0.15, 0.2) is 6.04 Å². The third-order valence-electron chi connectivity index (χ3n) is 3.44. The van der Waals surface area contributed by atoms with E-state index < -0.39 is 29.7 Å². The molecule has 1 aliphatic rings. The first-order valence-corrected chi connectivity index (χ1v) is 8.45. The van der Waals surface area contributed by atoms with Crippen molar-refractivity contribution in [2.75, 3.05) is 17.3 Å². The topological polar surface area (TPSA) is 59.0 Å². The lowest BCUT2D eigenvalue weighted by Gasteiger charge is -2.28. The van der Waals surface area contributed by atoms with E-state index in [4.69, 9.17) is 4.74 Å². The van der Waals surface area contributed by atoms with Crippen molar-refractivity contribution in [3.05, 3.63) is 29.8 Å². The highest BCUT2D eigenvalue weighted by Crippen LogP contribution is 2.28. The molecule has 2 rings (SSSR count). The van der Waals surface area contributed by atoms with E-state index in [2.05, 4.69) is 4.99 Å². The van der Waals surface area contributed by atoms with Gasteiger partial charge < -0.3 is 9.64 Å². The van der Waals surface area contributed by atoms with E-state index in [1.54, 1.807) is 13.8 Å². The summed E-state index contributed by atoms with van der Waals surface area (Å²) >= 11 is 1.33. The molecule has 1 aromatic rings. The van der Waals surface area contributed by atoms with Gasteiger partial charge in [0.2, 0.25) is 5.91 Å². The molecule has 5 nitrogen and oxygen atoms in total. The van der Waals surface area contributed by atoms with Crippen LogP contribution in [0.1, 0.15) is 20.8 Å². The molecule has 0 spiro atoms. The molecule has 1 aliphatic heterocycles. The maximum Gasteiger partial charge on any atom is 0.331 e. The molecular weight excluding hydrogens is 338 g/mol. The van der Waals surface area contributed by atoms with Crippen molar-refractivity contribution in [1.82, 2.24) is 0 Å². The highest BCUT2D eigenvalue weighted by Gasteiger charge is 2.32. The lowest BCUT2D eigenvalue weighted by Crippen LogP contribution is -2.41. The normalized spacial score (nSPS) is 18.0. The van der Waals surface area contributed by atoms with Gasteiger partial charge in [0.1, 0.15) is 11.6 Å². The van der Waals surface area contributed by atoms with Gasteiger partial charge >= 0.3 is 5.97 Å². The Kier molecular flexibility index (Phi) is 5.93. The van der Waals surface area contributed by atoms with Gasteiger partial charge in [-0.2, -0.15) is 0 Å². The minimum atomic E-state index is -0.770. The minimum Gasteiger partial charge on any atom is -0.464 e. The van der Waals surface area contributed by atoms with Crippen LogP contribution in [0, 0.1) is 11.6 Å². The standard InChI is InChI=1S/C16H18F2N2O3S/c1-4-23-16(22)14-8-24-15(19-14)9(2)20(10(3)21)13-6-11(17)5-12(18)7-13/h5-7,9,14H,4,8H2,1-3H3/t9?,14-/m1/s1. The van der Waals surface area contributed by atoms with Crippen LogP contribution in [0.5, 0.6) is 0 Å². The average molecular weight is 356 g/mol. The Bertz CT molecular complexity index is 661. The minimum absolute atomic E-state index is 0.107. The van der Waals surface area contributed by atoms with Crippen molar-refractivity contribution in [2.24, 2.45) is 4.99 Å². The Morgan fingerprint density at radius 3 is 2.54 bits per heavy atom. The predicted octanol–water partition coefficient (Wildman–Crippen LogP) is 2.78. The lowest BCUT2D eigenvalue weighted by molar-refractivity contribution is -0.143. The van der Waals surface area contributed by atoms with Crippen LogP contribution >= 0.6 is 11.8 Å². The van der Waals surface area contributed by atoms with Gasteiger partial charge in [-0.3, -0.25) is 9.79 Å². The number of hydrogen-bond acceptors (Lipinski definition) is 5. The number of carbonyl (C=O) groups excluding carboxylic acids is 2. The molecule has 0 fully saturated rings. The summed E-state index contributed by atoms with van der Waals surface area (Å²) in [5, 5.41) is 0.549. The second kappa shape index (κ2) is 7.74. The van der Waals surface area contributed by atoms with E-state index in [-0.39, 0.29) is 18.2 Å². The molecular formula is C16H18F2N2O3S. The molecule has 24 heavy (non-hydrogen) atoms. The van der Waals surface area contributed by atoms with Gasteiger partial charge in [-0.05, 0) is 26.0 Å². The molecule has 2 atom stereocenters. The van der Waals surface area contributed by atoms with E-state index in [0.717, 1.165) is 18.2 Å². The van der Waals surface area contributed by atoms with Gasteiger partial charge in [-0.25, -0.2) is 13.6 Å². The maximum absolute atomic E-state index is 13.5. The third kappa shape index (κ3) is 4.11. The molecule has 130 valence electrons. The van der Waals surface area contributed by atoms with Gasteiger partial charge in [0.05, 0.1) is 23.4 Å². The molecule has 0 saturated carbocycles. The Hall–Kier alpha value is -1.96. The number of nitrogens with zero attached hydrogens (tertiary/aromatic N) is 2. The monoisotopic (exact) mass is 356 g/mol. The number of aliphatic imine (C=N–C) groups is 1. The average Bonchev–Trinajstić information content (AvgIpc) is 2.96. The van der Waals surface area contributed by atoms with Gasteiger partial charge in [-0.15, -0.1) is 11.8 Å². The molecule has 1 heterocycles. The van der Waals surface area contributed by atoms with Crippen molar-refractivity contribution >= 4 is 34.4 Å². The summed E-state index contributed by atoms with van der Waals surface area (Å²) in [5.74, 6) is -1.92. The summed E-state index contributed by atoms with van der Waals surface area (Å²) < 4.78 is 31.9. The zero-order chi connectivity index (χ0) is 17.9. The van der Waals surface area contributed by atoms with E-state index in [0.29, 0.717) is 10.8 Å². The molecule has 0 radical (unpaired) electrons. The molecule has 0 aliphatic carbocycles. The number of rotatable bonds is 5. The quantitative estimate of drug-likeness (QED) is 0.761. The van der Waals surface area contributed by atoms with E-state index >= 15 is 0 Å². The summed E-state index contributed by atoms with van der Waals surface area (Å²) in [7, 11) is 0. The van der Waals surface area contributed by atoms with Gasteiger partial charge in [0.25, 0.3) is 0 Å². The number of hydrogen-bond donors (Lipinski definition) is 0. The summed E-state index contributed by atoms with van der Waals surface area (Å²) in [5.41, 5.74) is 0.107. The van der Waals surface area contributed by atoms with Crippen LogP contribution in [0.15, 0.2) is 23.2 Å². The van der Waals surface area contributed by atoms with E-state index in [1.807, 2.05) is 0 Å². The van der Waals surface area contributed by atoms with Gasteiger partial charge in [-0.1, -0.05) is 0 Å². The van der Waals surface area contributed by atoms with Crippen LogP contribution < -0.4 is 4.90 Å². The SMILES string of the molecule is CCOC(=O)[C@H]1CSC(C(C)N(C(C)=O)c2cc(F)cc(F)c2)=N1. The first kappa shape index (κ1) is 18.4. The molecule has 1 aromatic carbocycles. The summed E-state index contributed by atoms with van der Waals surface area (Å²) in [4.78, 5) is 29.3. The Morgan fingerprint density at radius 2 is 2.00 bits per heavy atom. The number of anilines is 1. The molecule has 0 aromatic heterocycles. The molecule has 8 heteroatoms. The second-order valence-electron chi connectivity index (χ2n) is 5.24. The molecule has 0 N–H and O–H groups in total. The third-order valence-corrected chi connectivity index (χ3v) is 4.66. The predicted molar refractivity (Wildman–Crippen MR) is 89.3 cm³/mol. The summed E-state index contributed by atoms with van der Waals surface area (Å²) in [6.45, 7) is 4.98. The second-order valence-corrected chi connectivity index (χ2v) is 6.28. The number of amides is 1. The summed E-state index contributed by atoms with van der Waals surface area (Å²) in [6, 6.07) is 1.75. The number of halogens is 2. The lowest BCUT2D eigenvalue weighted by atomic mass is 10.2. The number of thioether (sulfide) groups is 1. The van der Waals surface area contributed by atoms with E-state index in [1.165, 1.54) is 23.6 Å². The fourth-order valence-corrected chi connectivity index (χ4v) is 3.53. The molecule has 0 bridgehead atoms. The fraction of sp³-hybridized carbons (Fsp3) is 0.438. The Morgan fingerprint density at radius 1 is 1.38 bits per heavy atom. The summed E-state index contributed by atoms with van der Waals surface area (Å²) in [6.07, 6.45) is 0. The first-order chi connectivity index (χ1) is 11.3. The van der Waals surface area contributed by atoms with Crippen molar-refractivity contribution in [3.8, 4) is 0 Å². The van der Waals surface area contributed by atoms with Crippen LogP contribution in [0.3, 0.4) is 0 Å². The van der Waals surface area contributed by atoms with Crippen molar-refractivity contribution in [3.63, 3.8) is 0 Å². The van der Waals surface area contributed by atoms with Crippen LogP contribution in [-0.4, -0.2) is 41.4 Å². The number of carbonyl (C=O) groups is 2. The van der Waals surface area contributed by atoms with Crippen LogP contribution in [-0.2, 0) is 14.3 Å². The zero-order valence-corrected chi connectivity index (χ0v) is 14.4. The first-order valence-electron chi connectivity index (χ1n) is 7.46.